The van der Waals surface area contributed by atoms with Crippen molar-refractivity contribution in [3.05, 3.63) is 34.9 Å². The van der Waals surface area contributed by atoms with E-state index in [0.717, 1.165) is 43.7 Å². The smallest absolute Gasteiger partial charge is 0.232 e. The molecule has 0 saturated carbocycles. The summed E-state index contributed by atoms with van der Waals surface area (Å²) >= 11 is 7.59. The number of thioether (sulfide) groups is 1. The van der Waals surface area contributed by atoms with Crippen molar-refractivity contribution < 1.29 is 9.90 Å². The highest BCUT2D eigenvalue weighted by atomic mass is 35.5. The number of carbonyl (C=O) groups excluding carboxylic acids is 1. The topological polar surface area (TPSA) is 40.5 Å². The first-order chi connectivity index (χ1) is 10.6. The molecule has 2 rings (SSSR count). The Morgan fingerprint density at radius 1 is 1.36 bits per heavy atom. The van der Waals surface area contributed by atoms with Crippen LogP contribution in [0.4, 0.5) is 0 Å². The molecule has 1 heterocycles. The molecule has 0 aliphatic carbocycles. The van der Waals surface area contributed by atoms with Gasteiger partial charge < -0.3 is 10.0 Å². The van der Waals surface area contributed by atoms with Gasteiger partial charge in [-0.05, 0) is 48.6 Å². The van der Waals surface area contributed by atoms with Crippen LogP contribution in [0.25, 0.3) is 0 Å². The van der Waals surface area contributed by atoms with Crippen molar-refractivity contribution in [2.75, 3.05) is 24.6 Å². The van der Waals surface area contributed by atoms with Gasteiger partial charge in [0.1, 0.15) is 0 Å². The molecule has 1 amide bonds. The molecule has 0 aromatic heterocycles. The Morgan fingerprint density at radius 3 is 2.59 bits per heavy atom. The maximum absolute atomic E-state index is 12.1. The van der Waals surface area contributed by atoms with E-state index >= 15 is 0 Å². The van der Waals surface area contributed by atoms with Gasteiger partial charge >= 0.3 is 0 Å². The third-order valence-corrected chi connectivity index (χ3v) is 5.52. The number of aliphatic hydroxyl groups excluding tert-OH is 1. The van der Waals surface area contributed by atoms with Crippen molar-refractivity contribution in [3.63, 3.8) is 0 Å². The zero-order chi connectivity index (χ0) is 15.9. The van der Waals surface area contributed by atoms with Crippen molar-refractivity contribution in [3.8, 4) is 0 Å². The minimum atomic E-state index is -0.469. The number of piperidine rings is 1. The van der Waals surface area contributed by atoms with Gasteiger partial charge in [-0.3, -0.25) is 4.79 Å². The van der Waals surface area contributed by atoms with Gasteiger partial charge in [-0.1, -0.05) is 30.7 Å². The number of likely N-dealkylation sites (tertiary alicyclic amines) is 1. The fourth-order valence-electron chi connectivity index (χ4n) is 2.79. The van der Waals surface area contributed by atoms with E-state index in [9.17, 15) is 9.90 Å². The third-order valence-electron chi connectivity index (χ3n) is 4.12. The largest absolute Gasteiger partial charge is 0.388 e. The highest BCUT2D eigenvalue weighted by molar-refractivity contribution is 7.99. The molecule has 0 spiro atoms. The Hall–Kier alpha value is -0.710. The average Bonchev–Trinajstić information content (AvgIpc) is 2.55. The summed E-state index contributed by atoms with van der Waals surface area (Å²) in [6.07, 6.45) is 2.35. The first-order valence-electron chi connectivity index (χ1n) is 7.91. The number of rotatable bonds is 6. The van der Waals surface area contributed by atoms with Gasteiger partial charge in [0.15, 0.2) is 0 Å². The molecular formula is C17H24ClNO2S. The molecule has 1 aliphatic rings. The third kappa shape index (κ3) is 4.90. The Bertz CT molecular complexity index is 472. The standard InChI is InChI=1S/C17H24ClNO2S/c1-2-11-22-12-16(20)19-9-7-14(8-10-19)17(21)13-3-5-15(18)6-4-13/h3-6,14,17,21H,2,7-12H2,1H3. The lowest BCUT2D eigenvalue weighted by atomic mass is 9.87. The lowest BCUT2D eigenvalue weighted by molar-refractivity contribution is -0.130. The summed E-state index contributed by atoms with van der Waals surface area (Å²) < 4.78 is 0. The molecule has 1 saturated heterocycles. The van der Waals surface area contributed by atoms with Crippen LogP contribution in [0, 0.1) is 5.92 Å². The van der Waals surface area contributed by atoms with Crippen LogP contribution < -0.4 is 0 Å². The molecule has 1 atom stereocenters. The van der Waals surface area contributed by atoms with E-state index in [2.05, 4.69) is 6.92 Å². The summed E-state index contributed by atoms with van der Waals surface area (Å²) in [5.74, 6) is 2.07. The van der Waals surface area contributed by atoms with Crippen LogP contribution in [0.15, 0.2) is 24.3 Å². The van der Waals surface area contributed by atoms with E-state index in [0.29, 0.717) is 10.8 Å². The highest BCUT2D eigenvalue weighted by Gasteiger charge is 2.28. The maximum atomic E-state index is 12.1. The van der Waals surface area contributed by atoms with Gasteiger partial charge in [0.2, 0.25) is 5.91 Å². The Morgan fingerprint density at radius 2 is 2.00 bits per heavy atom. The lowest BCUT2D eigenvalue weighted by Gasteiger charge is -2.34. The first-order valence-corrected chi connectivity index (χ1v) is 9.44. The Kier molecular flexibility index (Phi) is 7.06. The van der Waals surface area contributed by atoms with Crippen molar-refractivity contribution in [1.29, 1.82) is 0 Å². The summed E-state index contributed by atoms with van der Waals surface area (Å²) in [6.45, 7) is 3.63. The molecule has 5 heteroatoms. The monoisotopic (exact) mass is 341 g/mol. The van der Waals surface area contributed by atoms with E-state index in [-0.39, 0.29) is 11.8 Å². The summed E-state index contributed by atoms with van der Waals surface area (Å²) in [6, 6.07) is 7.38. The first kappa shape index (κ1) is 17.6. The predicted molar refractivity (Wildman–Crippen MR) is 93.3 cm³/mol. The molecule has 1 fully saturated rings. The Labute approximate surface area is 142 Å². The fraction of sp³-hybridized carbons (Fsp3) is 0.588. The van der Waals surface area contributed by atoms with Gasteiger partial charge in [-0.2, -0.15) is 11.8 Å². The second-order valence-corrected chi connectivity index (χ2v) is 7.31. The van der Waals surface area contributed by atoms with E-state index in [4.69, 9.17) is 11.6 Å². The number of carbonyl (C=O) groups is 1. The molecule has 122 valence electrons. The van der Waals surface area contributed by atoms with E-state index in [1.54, 1.807) is 11.8 Å². The van der Waals surface area contributed by atoms with Gasteiger partial charge in [-0.15, -0.1) is 0 Å². The minimum absolute atomic E-state index is 0.216. The number of hydrogen-bond acceptors (Lipinski definition) is 3. The molecule has 1 aliphatic heterocycles. The number of halogens is 1. The summed E-state index contributed by atoms with van der Waals surface area (Å²) in [5.41, 5.74) is 0.910. The van der Waals surface area contributed by atoms with Crippen LogP contribution in [0.2, 0.25) is 5.02 Å². The van der Waals surface area contributed by atoms with Gasteiger partial charge in [0.05, 0.1) is 11.9 Å². The van der Waals surface area contributed by atoms with Gasteiger partial charge in [0, 0.05) is 18.1 Å². The van der Waals surface area contributed by atoms with E-state index in [1.165, 1.54) is 0 Å². The second-order valence-electron chi connectivity index (χ2n) is 5.77. The zero-order valence-electron chi connectivity index (χ0n) is 13.0. The van der Waals surface area contributed by atoms with Crippen LogP contribution in [-0.4, -0.2) is 40.5 Å². The van der Waals surface area contributed by atoms with Crippen LogP contribution in [-0.2, 0) is 4.79 Å². The Balaban J connectivity index is 1.81. The quantitative estimate of drug-likeness (QED) is 0.801. The van der Waals surface area contributed by atoms with Crippen molar-refractivity contribution in [2.24, 2.45) is 5.92 Å². The highest BCUT2D eigenvalue weighted by Crippen LogP contribution is 2.31. The number of benzene rings is 1. The van der Waals surface area contributed by atoms with E-state index < -0.39 is 6.10 Å². The van der Waals surface area contributed by atoms with Crippen molar-refractivity contribution >= 4 is 29.3 Å². The number of aliphatic hydroxyl groups is 1. The fourth-order valence-corrected chi connectivity index (χ4v) is 3.71. The summed E-state index contributed by atoms with van der Waals surface area (Å²) in [4.78, 5) is 14.0. The SMILES string of the molecule is CCCSCC(=O)N1CCC(C(O)c2ccc(Cl)cc2)CC1. The molecule has 1 aromatic carbocycles. The van der Waals surface area contributed by atoms with Crippen LogP contribution in [0.1, 0.15) is 37.9 Å². The molecule has 0 bridgehead atoms. The molecule has 0 radical (unpaired) electrons. The zero-order valence-corrected chi connectivity index (χ0v) is 14.6. The van der Waals surface area contributed by atoms with Crippen molar-refractivity contribution in [1.82, 2.24) is 4.90 Å². The van der Waals surface area contributed by atoms with Crippen LogP contribution in [0.3, 0.4) is 0 Å². The molecule has 3 nitrogen and oxygen atoms in total. The molecule has 22 heavy (non-hydrogen) atoms. The van der Waals surface area contributed by atoms with Crippen LogP contribution >= 0.6 is 23.4 Å². The maximum Gasteiger partial charge on any atom is 0.232 e. The summed E-state index contributed by atoms with van der Waals surface area (Å²) in [5, 5.41) is 11.2. The lowest BCUT2D eigenvalue weighted by Crippen LogP contribution is -2.40. The summed E-state index contributed by atoms with van der Waals surface area (Å²) in [7, 11) is 0. The predicted octanol–water partition coefficient (Wildman–Crippen LogP) is 3.76. The normalized spacial score (nSPS) is 17.5. The number of hydrogen-bond donors (Lipinski definition) is 1. The number of nitrogens with zero attached hydrogens (tertiary/aromatic N) is 1. The average molecular weight is 342 g/mol. The molecule has 1 aromatic rings. The van der Waals surface area contributed by atoms with Crippen molar-refractivity contribution in [2.45, 2.75) is 32.3 Å². The second kappa shape index (κ2) is 8.80. The van der Waals surface area contributed by atoms with Gasteiger partial charge in [0.25, 0.3) is 0 Å². The van der Waals surface area contributed by atoms with E-state index in [1.807, 2.05) is 29.2 Å². The minimum Gasteiger partial charge on any atom is -0.388 e. The van der Waals surface area contributed by atoms with Gasteiger partial charge in [-0.25, -0.2) is 0 Å². The van der Waals surface area contributed by atoms with Crippen LogP contribution in [0.5, 0.6) is 0 Å². The molecule has 1 N–H and O–H groups in total. The molecule has 1 unspecified atom stereocenters. The number of amides is 1. The molecular weight excluding hydrogens is 318 g/mol.